The first kappa shape index (κ1) is 14.2. The van der Waals surface area contributed by atoms with E-state index in [0.29, 0.717) is 5.95 Å². The average Bonchev–Trinajstić information content (AvgIpc) is 3.07. The van der Waals surface area contributed by atoms with Gasteiger partial charge in [0.05, 0.1) is 24.7 Å². The van der Waals surface area contributed by atoms with E-state index in [4.69, 9.17) is 4.74 Å². The summed E-state index contributed by atoms with van der Waals surface area (Å²) in [4.78, 5) is 13.3. The highest BCUT2D eigenvalue weighted by Crippen LogP contribution is 2.21. The smallest absolute Gasteiger partial charge is 0.227 e. The second-order valence-electron chi connectivity index (χ2n) is 5.19. The third kappa shape index (κ3) is 2.65. The van der Waals surface area contributed by atoms with Crippen molar-refractivity contribution in [2.24, 2.45) is 0 Å². The molecule has 0 unspecified atom stereocenters. The van der Waals surface area contributed by atoms with E-state index in [1.54, 1.807) is 13.3 Å². The Bertz CT molecular complexity index is 978. The lowest BCUT2D eigenvalue weighted by atomic mass is 10.3. The Morgan fingerprint density at radius 3 is 2.71 bits per heavy atom. The molecule has 1 N–H and O–H groups in total. The van der Waals surface area contributed by atoms with Crippen molar-refractivity contribution in [3.8, 4) is 17.1 Å². The average molecular weight is 317 g/mol. The molecule has 4 aromatic rings. The molecule has 118 valence electrons. The van der Waals surface area contributed by atoms with Crippen LogP contribution in [0.3, 0.4) is 0 Å². The molecule has 0 aliphatic heterocycles. The molecule has 0 radical (unpaired) electrons. The van der Waals surface area contributed by atoms with Gasteiger partial charge < -0.3 is 10.1 Å². The topological polar surface area (TPSA) is 64.3 Å². The van der Waals surface area contributed by atoms with Gasteiger partial charge in [0.15, 0.2) is 0 Å². The van der Waals surface area contributed by atoms with Crippen LogP contribution in [0, 0.1) is 0 Å². The Labute approximate surface area is 138 Å². The van der Waals surface area contributed by atoms with Crippen LogP contribution in [0.2, 0.25) is 0 Å². The third-order valence-corrected chi connectivity index (χ3v) is 3.68. The number of anilines is 2. The van der Waals surface area contributed by atoms with Crippen molar-refractivity contribution >= 4 is 17.3 Å². The van der Waals surface area contributed by atoms with Crippen molar-refractivity contribution in [3.05, 3.63) is 67.1 Å². The van der Waals surface area contributed by atoms with Crippen LogP contribution in [0.1, 0.15) is 0 Å². The van der Waals surface area contributed by atoms with Crippen LogP contribution in [-0.2, 0) is 0 Å². The van der Waals surface area contributed by atoms with E-state index in [-0.39, 0.29) is 0 Å². The Morgan fingerprint density at radius 1 is 1.00 bits per heavy atom. The molecule has 0 aliphatic carbocycles. The highest BCUT2D eigenvalue weighted by molar-refractivity contribution is 5.62. The number of pyridine rings is 1. The monoisotopic (exact) mass is 317 g/mol. The van der Waals surface area contributed by atoms with E-state index >= 15 is 0 Å². The maximum Gasteiger partial charge on any atom is 0.227 e. The summed E-state index contributed by atoms with van der Waals surface area (Å²) in [7, 11) is 1.64. The van der Waals surface area contributed by atoms with E-state index in [0.717, 1.165) is 28.5 Å². The van der Waals surface area contributed by atoms with Gasteiger partial charge in [0, 0.05) is 18.1 Å². The zero-order valence-electron chi connectivity index (χ0n) is 13.0. The summed E-state index contributed by atoms with van der Waals surface area (Å²) in [6, 6.07) is 15.4. The highest BCUT2D eigenvalue weighted by atomic mass is 16.5. The van der Waals surface area contributed by atoms with Gasteiger partial charge in [-0.2, -0.15) is 0 Å². The number of aromatic nitrogens is 4. The van der Waals surface area contributed by atoms with Gasteiger partial charge in [-0.1, -0.05) is 6.07 Å². The number of nitrogens with zero attached hydrogens (tertiary/aromatic N) is 4. The zero-order valence-corrected chi connectivity index (χ0v) is 13.0. The SMILES string of the molecule is COc1ccc(Nc2nccc(-c3cnc4ccccn34)n2)cc1. The Kier molecular flexibility index (Phi) is 3.55. The molecular formula is C18H15N5O. The molecule has 6 nitrogen and oxygen atoms in total. The Morgan fingerprint density at radius 2 is 1.88 bits per heavy atom. The van der Waals surface area contributed by atoms with E-state index in [1.165, 1.54) is 0 Å². The lowest BCUT2D eigenvalue weighted by Crippen LogP contribution is -1.99. The van der Waals surface area contributed by atoms with Crippen molar-refractivity contribution in [2.45, 2.75) is 0 Å². The van der Waals surface area contributed by atoms with Crippen LogP contribution >= 0.6 is 0 Å². The lowest BCUT2D eigenvalue weighted by molar-refractivity contribution is 0.415. The first-order chi connectivity index (χ1) is 11.8. The second-order valence-corrected chi connectivity index (χ2v) is 5.19. The summed E-state index contributed by atoms with van der Waals surface area (Å²) < 4.78 is 7.16. The predicted molar refractivity (Wildman–Crippen MR) is 92.5 cm³/mol. The molecular weight excluding hydrogens is 302 g/mol. The quantitative estimate of drug-likeness (QED) is 0.623. The van der Waals surface area contributed by atoms with Crippen LogP contribution < -0.4 is 10.1 Å². The molecule has 24 heavy (non-hydrogen) atoms. The maximum atomic E-state index is 5.16. The van der Waals surface area contributed by atoms with Gasteiger partial charge in [-0.05, 0) is 42.5 Å². The van der Waals surface area contributed by atoms with Crippen molar-refractivity contribution < 1.29 is 4.74 Å². The second kappa shape index (κ2) is 6.00. The number of imidazole rings is 1. The zero-order chi connectivity index (χ0) is 16.4. The predicted octanol–water partition coefficient (Wildman–Crippen LogP) is 3.54. The summed E-state index contributed by atoms with van der Waals surface area (Å²) in [6.45, 7) is 0. The molecule has 4 rings (SSSR count). The van der Waals surface area contributed by atoms with Gasteiger partial charge in [-0.25, -0.2) is 15.0 Å². The number of fused-ring (bicyclic) bond motifs is 1. The minimum absolute atomic E-state index is 0.531. The fourth-order valence-electron chi connectivity index (χ4n) is 2.49. The molecule has 3 heterocycles. The Balaban J connectivity index is 1.66. The van der Waals surface area contributed by atoms with E-state index in [2.05, 4.69) is 20.3 Å². The number of hydrogen-bond donors (Lipinski definition) is 1. The normalized spacial score (nSPS) is 10.7. The van der Waals surface area contributed by atoms with Crippen LogP contribution in [0.5, 0.6) is 5.75 Å². The van der Waals surface area contributed by atoms with Crippen molar-refractivity contribution in [1.82, 2.24) is 19.4 Å². The summed E-state index contributed by atoms with van der Waals surface area (Å²) in [6.07, 6.45) is 5.52. The van der Waals surface area contributed by atoms with Gasteiger partial charge in [-0.3, -0.25) is 4.40 Å². The molecule has 6 heteroatoms. The number of ether oxygens (including phenoxy) is 1. The van der Waals surface area contributed by atoms with Crippen LogP contribution in [0.25, 0.3) is 17.0 Å². The number of hydrogen-bond acceptors (Lipinski definition) is 5. The van der Waals surface area contributed by atoms with Crippen molar-refractivity contribution in [1.29, 1.82) is 0 Å². The van der Waals surface area contributed by atoms with Crippen molar-refractivity contribution in [3.63, 3.8) is 0 Å². The number of methoxy groups -OCH3 is 1. The van der Waals surface area contributed by atoms with Gasteiger partial charge in [0.1, 0.15) is 11.4 Å². The molecule has 0 fully saturated rings. The molecule has 0 saturated carbocycles. The summed E-state index contributed by atoms with van der Waals surface area (Å²) in [5, 5.41) is 3.20. The highest BCUT2D eigenvalue weighted by Gasteiger charge is 2.08. The molecule has 1 aromatic carbocycles. The van der Waals surface area contributed by atoms with E-state index in [1.807, 2.05) is 65.3 Å². The van der Waals surface area contributed by atoms with Crippen LogP contribution in [0.15, 0.2) is 67.1 Å². The largest absolute Gasteiger partial charge is 0.497 e. The summed E-state index contributed by atoms with van der Waals surface area (Å²) in [5.41, 5.74) is 3.51. The van der Waals surface area contributed by atoms with Gasteiger partial charge in [0.25, 0.3) is 0 Å². The number of rotatable bonds is 4. The summed E-state index contributed by atoms with van der Waals surface area (Å²) >= 11 is 0. The maximum absolute atomic E-state index is 5.16. The van der Waals surface area contributed by atoms with Crippen molar-refractivity contribution in [2.75, 3.05) is 12.4 Å². The van der Waals surface area contributed by atoms with E-state index in [9.17, 15) is 0 Å². The third-order valence-electron chi connectivity index (χ3n) is 3.68. The van der Waals surface area contributed by atoms with Crippen LogP contribution in [-0.4, -0.2) is 26.5 Å². The first-order valence-corrected chi connectivity index (χ1v) is 7.50. The van der Waals surface area contributed by atoms with E-state index < -0.39 is 0 Å². The standard InChI is InChI=1S/C18H15N5O/c1-24-14-7-5-13(6-8-14)21-18-19-10-9-15(22-18)16-12-20-17-4-2-3-11-23(16)17/h2-12H,1H3,(H,19,21,22). The molecule has 0 bridgehead atoms. The summed E-state index contributed by atoms with van der Waals surface area (Å²) in [5.74, 6) is 1.34. The number of benzene rings is 1. The molecule has 0 aliphatic rings. The van der Waals surface area contributed by atoms with Gasteiger partial charge in [0.2, 0.25) is 5.95 Å². The number of nitrogens with one attached hydrogen (secondary N) is 1. The fraction of sp³-hybridized carbons (Fsp3) is 0.0556. The fourth-order valence-corrected chi connectivity index (χ4v) is 2.49. The molecule has 3 aromatic heterocycles. The lowest BCUT2D eigenvalue weighted by Gasteiger charge is -2.07. The minimum Gasteiger partial charge on any atom is -0.497 e. The Hall–Kier alpha value is -3.41. The van der Waals surface area contributed by atoms with Gasteiger partial charge in [-0.15, -0.1) is 0 Å². The molecule has 0 spiro atoms. The molecule has 0 atom stereocenters. The van der Waals surface area contributed by atoms with Crippen LogP contribution in [0.4, 0.5) is 11.6 Å². The van der Waals surface area contributed by atoms with Gasteiger partial charge >= 0.3 is 0 Å². The molecule has 0 saturated heterocycles. The minimum atomic E-state index is 0.531. The first-order valence-electron chi connectivity index (χ1n) is 7.50. The molecule has 0 amide bonds.